The van der Waals surface area contributed by atoms with Gasteiger partial charge >= 0.3 is 5.97 Å². The minimum Gasteiger partial charge on any atom is -0.480 e. The summed E-state index contributed by atoms with van der Waals surface area (Å²) >= 11 is 11.8. The van der Waals surface area contributed by atoms with Crippen LogP contribution in [0.5, 0.6) is 0 Å². The number of carbonyl (C=O) groups excluding carboxylic acids is 1. The first-order chi connectivity index (χ1) is 9.00. The number of amides is 1. The Kier molecular flexibility index (Phi) is 4.26. The molecule has 1 aliphatic rings. The van der Waals surface area contributed by atoms with Gasteiger partial charge in [-0.05, 0) is 12.1 Å². The largest absolute Gasteiger partial charge is 0.480 e. The van der Waals surface area contributed by atoms with Crippen molar-refractivity contribution in [3.05, 3.63) is 33.8 Å². The molecule has 1 aromatic carbocycles. The lowest BCUT2D eigenvalue weighted by Gasteiger charge is -2.17. The summed E-state index contributed by atoms with van der Waals surface area (Å²) in [6, 6.07) is 3.23. The predicted molar refractivity (Wildman–Crippen MR) is 70.3 cm³/mol. The molecule has 2 atom stereocenters. The maximum atomic E-state index is 12.1. The number of carboxylic acid groups (broad SMARTS) is 1. The first-order valence-corrected chi connectivity index (χ1v) is 6.22. The highest BCUT2D eigenvalue weighted by molar-refractivity contribution is 6.39. The van der Waals surface area contributed by atoms with Gasteiger partial charge in [-0.15, -0.1) is 0 Å². The first kappa shape index (κ1) is 14.1. The summed E-state index contributed by atoms with van der Waals surface area (Å²) < 4.78 is 0. The number of rotatable bonds is 3. The van der Waals surface area contributed by atoms with E-state index in [2.05, 4.69) is 16.2 Å². The molecule has 0 aromatic heterocycles. The molecular weight excluding hydrogens is 293 g/mol. The van der Waals surface area contributed by atoms with Crippen LogP contribution in [0.2, 0.25) is 10.0 Å². The van der Waals surface area contributed by atoms with E-state index in [4.69, 9.17) is 28.3 Å². The molecule has 0 aliphatic carbocycles. The molecule has 102 valence electrons. The van der Waals surface area contributed by atoms with E-state index < -0.39 is 24.0 Å². The fourth-order valence-electron chi connectivity index (χ4n) is 1.82. The van der Waals surface area contributed by atoms with Crippen LogP contribution in [0, 0.1) is 0 Å². The fourth-order valence-corrected chi connectivity index (χ4v) is 2.39. The van der Waals surface area contributed by atoms with E-state index in [1.165, 1.54) is 0 Å². The Morgan fingerprint density at radius 1 is 1.32 bits per heavy atom. The Balaban J connectivity index is 2.15. The van der Waals surface area contributed by atoms with Gasteiger partial charge in [0.15, 0.2) is 0 Å². The van der Waals surface area contributed by atoms with Crippen molar-refractivity contribution in [2.24, 2.45) is 0 Å². The molecule has 8 heteroatoms. The minimum absolute atomic E-state index is 0.141. The summed E-state index contributed by atoms with van der Waals surface area (Å²) in [6.07, 6.45) is 0. The van der Waals surface area contributed by atoms with Crippen molar-refractivity contribution in [1.29, 1.82) is 0 Å². The zero-order valence-corrected chi connectivity index (χ0v) is 11.1. The lowest BCUT2D eigenvalue weighted by molar-refractivity contribution is -0.139. The molecule has 0 saturated carbocycles. The number of carbonyl (C=O) groups is 2. The van der Waals surface area contributed by atoms with E-state index in [1.54, 1.807) is 18.2 Å². The van der Waals surface area contributed by atoms with E-state index in [0.717, 1.165) is 0 Å². The van der Waals surface area contributed by atoms with Crippen LogP contribution >= 0.6 is 23.2 Å². The third-order valence-electron chi connectivity index (χ3n) is 2.75. The highest BCUT2D eigenvalue weighted by Gasteiger charge is 2.34. The second-order valence-corrected chi connectivity index (χ2v) is 4.83. The molecule has 19 heavy (non-hydrogen) atoms. The van der Waals surface area contributed by atoms with Gasteiger partial charge in [0, 0.05) is 6.54 Å². The van der Waals surface area contributed by atoms with Gasteiger partial charge in [-0.1, -0.05) is 29.3 Å². The average Bonchev–Trinajstić information content (AvgIpc) is 2.76. The molecule has 0 spiro atoms. The van der Waals surface area contributed by atoms with E-state index in [1.807, 2.05) is 0 Å². The number of aliphatic carboxylic acids is 1. The monoisotopic (exact) mass is 303 g/mol. The molecule has 1 saturated heterocycles. The van der Waals surface area contributed by atoms with Crippen LogP contribution in [0.15, 0.2) is 18.2 Å². The lowest BCUT2D eigenvalue weighted by atomic mass is 10.1. The molecule has 0 radical (unpaired) electrons. The molecular formula is C11H11Cl2N3O3. The Morgan fingerprint density at radius 3 is 2.53 bits per heavy atom. The van der Waals surface area contributed by atoms with Crippen LogP contribution in [-0.4, -0.2) is 35.6 Å². The second kappa shape index (κ2) is 5.75. The number of halogens is 2. The van der Waals surface area contributed by atoms with Gasteiger partial charge in [0.2, 0.25) is 0 Å². The van der Waals surface area contributed by atoms with Crippen molar-refractivity contribution < 1.29 is 14.7 Å². The zero-order chi connectivity index (χ0) is 14.0. The van der Waals surface area contributed by atoms with Crippen molar-refractivity contribution in [2.45, 2.75) is 12.1 Å². The Labute approximate surface area is 119 Å². The van der Waals surface area contributed by atoms with Gasteiger partial charge < -0.3 is 10.4 Å². The lowest BCUT2D eigenvalue weighted by Crippen LogP contribution is -2.49. The van der Waals surface area contributed by atoms with Gasteiger partial charge in [-0.25, -0.2) is 5.43 Å². The van der Waals surface area contributed by atoms with E-state index in [9.17, 15) is 9.59 Å². The number of hydrazine groups is 1. The number of hydrogen-bond donors (Lipinski definition) is 4. The summed E-state index contributed by atoms with van der Waals surface area (Å²) in [6.45, 7) is 0.296. The van der Waals surface area contributed by atoms with E-state index in [-0.39, 0.29) is 15.6 Å². The first-order valence-electron chi connectivity index (χ1n) is 5.46. The van der Waals surface area contributed by atoms with Crippen LogP contribution in [-0.2, 0) is 4.79 Å². The molecule has 4 N–H and O–H groups in total. The highest BCUT2D eigenvalue weighted by atomic mass is 35.5. The SMILES string of the molecule is O=C(NC1CNNC1C(=O)O)c1c(Cl)cccc1Cl. The van der Waals surface area contributed by atoms with Crippen LogP contribution in [0.1, 0.15) is 10.4 Å². The summed E-state index contributed by atoms with van der Waals surface area (Å²) in [5, 5.41) is 12.0. The minimum atomic E-state index is -1.06. The van der Waals surface area contributed by atoms with E-state index in [0.29, 0.717) is 6.54 Å². The van der Waals surface area contributed by atoms with Crippen molar-refractivity contribution in [3.8, 4) is 0 Å². The maximum absolute atomic E-state index is 12.1. The van der Waals surface area contributed by atoms with Crippen LogP contribution in [0.4, 0.5) is 0 Å². The normalized spacial score (nSPS) is 22.2. The van der Waals surface area contributed by atoms with Gasteiger partial charge in [0.25, 0.3) is 5.91 Å². The highest BCUT2D eigenvalue weighted by Crippen LogP contribution is 2.24. The number of carboxylic acids is 1. The van der Waals surface area contributed by atoms with Crippen molar-refractivity contribution >= 4 is 35.1 Å². The third kappa shape index (κ3) is 2.98. The predicted octanol–water partition coefficient (Wildman–Crippen LogP) is 0.653. The zero-order valence-electron chi connectivity index (χ0n) is 9.61. The quantitative estimate of drug-likeness (QED) is 0.658. The number of hydrogen-bond acceptors (Lipinski definition) is 4. The smallest absolute Gasteiger partial charge is 0.324 e. The van der Waals surface area contributed by atoms with Crippen LogP contribution in [0.25, 0.3) is 0 Å². The summed E-state index contributed by atoms with van der Waals surface area (Å²) in [4.78, 5) is 23.0. The molecule has 6 nitrogen and oxygen atoms in total. The Bertz CT molecular complexity index is 504. The molecule has 1 amide bonds. The van der Waals surface area contributed by atoms with Gasteiger partial charge in [-0.2, -0.15) is 0 Å². The van der Waals surface area contributed by atoms with Gasteiger partial charge in [0.1, 0.15) is 6.04 Å². The molecule has 1 fully saturated rings. The Morgan fingerprint density at radius 2 is 1.95 bits per heavy atom. The molecule has 1 heterocycles. The summed E-state index contributed by atoms with van der Waals surface area (Å²) in [5.74, 6) is -1.56. The molecule has 1 aliphatic heterocycles. The van der Waals surface area contributed by atoms with Crippen LogP contribution in [0.3, 0.4) is 0 Å². The summed E-state index contributed by atoms with van der Waals surface area (Å²) in [5.41, 5.74) is 5.38. The fraction of sp³-hybridized carbons (Fsp3) is 0.273. The average molecular weight is 304 g/mol. The van der Waals surface area contributed by atoms with Crippen molar-refractivity contribution in [3.63, 3.8) is 0 Å². The van der Waals surface area contributed by atoms with Gasteiger partial charge in [0.05, 0.1) is 21.7 Å². The maximum Gasteiger partial charge on any atom is 0.324 e. The number of nitrogens with one attached hydrogen (secondary N) is 3. The van der Waals surface area contributed by atoms with Crippen molar-refractivity contribution in [2.75, 3.05) is 6.54 Å². The Hall–Kier alpha value is -1.34. The van der Waals surface area contributed by atoms with E-state index >= 15 is 0 Å². The summed E-state index contributed by atoms with van der Waals surface area (Å²) in [7, 11) is 0. The second-order valence-electron chi connectivity index (χ2n) is 4.02. The molecule has 2 unspecified atom stereocenters. The van der Waals surface area contributed by atoms with Gasteiger partial charge in [-0.3, -0.25) is 15.0 Å². The molecule has 2 rings (SSSR count). The number of benzene rings is 1. The van der Waals surface area contributed by atoms with Crippen molar-refractivity contribution in [1.82, 2.24) is 16.2 Å². The standard InChI is InChI=1S/C11H11Cl2N3O3/c12-5-2-1-3-6(13)8(5)10(17)15-7-4-14-16-9(7)11(18)19/h1-3,7,9,14,16H,4H2,(H,15,17)(H,18,19). The topological polar surface area (TPSA) is 90.5 Å². The van der Waals surface area contributed by atoms with Crippen LogP contribution < -0.4 is 16.2 Å². The molecule has 0 bridgehead atoms. The third-order valence-corrected chi connectivity index (χ3v) is 3.38. The molecule has 1 aromatic rings.